The van der Waals surface area contributed by atoms with Gasteiger partial charge in [-0.1, -0.05) is 30.3 Å². The molecular weight excluding hydrogens is 328 g/mol. The predicted octanol–water partition coefficient (Wildman–Crippen LogP) is 2.42. The van der Waals surface area contributed by atoms with Crippen molar-refractivity contribution in [3.63, 3.8) is 0 Å². The van der Waals surface area contributed by atoms with Crippen LogP contribution in [0.5, 0.6) is 0 Å². The number of carbonyl (C=O) groups is 2. The number of hydrogen-bond donors (Lipinski definition) is 2. The van der Waals surface area contributed by atoms with Gasteiger partial charge >= 0.3 is 5.97 Å². The fourth-order valence-corrected chi connectivity index (χ4v) is 3.48. The molecule has 0 bridgehead atoms. The number of carboxylic acid groups (broad SMARTS) is 1. The average Bonchev–Trinajstić information content (AvgIpc) is 3.26. The summed E-state index contributed by atoms with van der Waals surface area (Å²) in [6.45, 7) is 0.712. The second kappa shape index (κ2) is 7.55. The molecule has 1 aromatic heterocycles. The van der Waals surface area contributed by atoms with Gasteiger partial charge in [0.1, 0.15) is 22.8 Å². The van der Waals surface area contributed by atoms with Crippen molar-refractivity contribution in [3.05, 3.63) is 52.0 Å². The summed E-state index contributed by atoms with van der Waals surface area (Å²) >= 11 is 1.37. The fourth-order valence-electron chi connectivity index (χ4n) is 2.59. The van der Waals surface area contributed by atoms with Crippen LogP contribution in [-0.2, 0) is 16.0 Å². The molecule has 126 valence electrons. The van der Waals surface area contributed by atoms with Crippen LogP contribution in [0.1, 0.15) is 40.0 Å². The van der Waals surface area contributed by atoms with Gasteiger partial charge in [0.15, 0.2) is 0 Å². The van der Waals surface area contributed by atoms with E-state index in [1.807, 2.05) is 30.3 Å². The number of ether oxygens (including phenoxy) is 1. The van der Waals surface area contributed by atoms with Gasteiger partial charge in [0.2, 0.25) is 0 Å². The molecular formula is C17H18N2O4S. The molecule has 2 heterocycles. The quantitative estimate of drug-likeness (QED) is 0.838. The molecule has 1 fully saturated rings. The highest BCUT2D eigenvalue weighted by Crippen LogP contribution is 2.30. The highest BCUT2D eigenvalue weighted by molar-refractivity contribution is 7.09. The van der Waals surface area contributed by atoms with E-state index in [-0.39, 0.29) is 18.2 Å². The predicted molar refractivity (Wildman–Crippen MR) is 89.1 cm³/mol. The standard InChI is InChI=1S/C17H18N2O4S/c20-15(13-10-24-16(19-13)14-7-4-8-23-14)18-12(17(21)22)9-11-5-2-1-3-6-11/h1-3,5-6,10,12,14H,4,7-9H2,(H,18,20)(H,21,22)/t12-,14?/m1/s1. The number of amides is 1. The van der Waals surface area contributed by atoms with Gasteiger partial charge in [-0.05, 0) is 18.4 Å². The Morgan fingerprint density at radius 2 is 2.17 bits per heavy atom. The number of carboxylic acids is 1. The zero-order valence-corrected chi connectivity index (χ0v) is 13.8. The van der Waals surface area contributed by atoms with Crippen LogP contribution in [0.25, 0.3) is 0 Å². The van der Waals surface area contributed by atoms with Gasteiger partial charge in [-0.15, -0.1) is 11.3 Å². The molecule has 1 amide bonds. The topological polar surface area (TPSA) is 88.5 Å². The number of nitrogens with zero attached hydrogens (tertiary/aromatic N) is 1. The molecule has 6 nitrogen and oxygen atoms in total. The summed E-state index contributed by atoms with van der Waals surface area (Å²) in [6, 6.07) is 8.21. The molecule has 0 aliphatic carbocycles. The lowest BCUT2D eigenvalue weighted by Crippen LogP contribution is -2.42. The Morgan fingerprint density at radius 1 is 1.38 bits per heavy atom. The average molecular weight is 346 g/mol. The van der Waals surface area contributed by atoms with E-state index in [2.05, 4.69) is 10.3 Å². The SMILES string of the molecule is O=C(N[C@H](Cc1ccccc1)C(=O)O)c1csc(C2CCCO2)n1. The molecule has 1 saturated heterocycles. The molecule has 2 N–H and O–H groups in total. The van der Waals surface area contributed by atoms with Crippen molar-refractivity contribution in [3.8, 4) is 0 Å². The van der Waals surface area contributed by atoms with Crippen LogP contribution >= 0.6 is 11.3 Å². The number of carbonyl (C=O) groups excluding carboxylic acids is 1. The van der Waals surface area contributed by atoms with Crippen LogP contribution in [0, 0.1) is 0 Å². The van der Waals surface area contributed by atoms with E-state index < -0.39 is 17.9 Å². The minimum Gasteiger partial charge on any atom is -0.480 e. The maximum absolute atomic E-state index is 12.3. The summed E-state index contributed by atoms with van der Waals surface area (Å²) < 4.78 is 5.55. The number of aliphatic carboxylic acids is 1. The zero-order valence-electron chi connectivity index (χ0n) is 13.0. The lowest BCUT2D eigenvalue weighted by molar-refractivity contribution is -0.139. The van der Waals surface area contributed by atoms with Crippen molar-refractivity contribution in [2.45, 2.75) is 31.4 Å². The molecule has 0 radical (unpaired) electrons. The third-order valence-corrected chi connectivity index (χ3v) is 4.78. The summed E-state index contributed by atoms with van der Waals surface area (Å²) in [4.78, 5) is 28.0. The highest BCUT2D eigenvalue weighted by Gasteiger charge is 2.25. The van der Waals surface area contributed by atoms with Gasteiger partial charge in [0, 0.05) is 18.4 Å². The molecule has 7 heteroatoms. The minimum atomic E-state index is -1.07. The third kappa shape index (κ3) is 3.98. The molecule has 24 heavy (non-hydrogen) atoms. The minimum absolute atomic E-state index is 0.0452. The second-order valence-corrected chi connectivity index (χ2v) is 6.52. The van der Waals surface area contributed by atoms with E-state index in [1.54, 1.807) is 5.38 Å². The van der Waals surface area contributed by atoms with Crippen LogP contribution < -0.4 is 5.32 Å². The number of aromatic nitrogens is 1. The monoisotopic (exact) mass is 346 g/mol. The maximum atomic E-state index is 12.3. The smallest absolute Gasteiger partial charge is 0.326 e. The van der Waals surface area contributed by atoms with Gasteiger partial charge < -0.3 is 15.2 Å². The lowest BCUT2D eigenvalue weighted by Gasteiger charge is -2.13. The van der Waals surface area contributed by atoms with Crippen LogP contribution in [0.4, 0.5) is 0 Å². The fraction of sp³-hybridized carbons (Fsp3) is 0.353. The van der Waals surface area contributed by atoms with E-state index in [0.29, 0.717) is 6.61 Å². The van der Waals surface area contributed by atoms with Crippen LogP contribution in [0.2, 0.25) is 0 Å². The van der Waals surface area contributed by atoms with E-state index in [0.717, 1.165) is 23.4 Å². The second-order valence-electron chi connectivity index (χ2n) is 5.63. The number of benzene rings is 1. The summed E-state index contributed by atoms with van der Waals surface area (Å²) in [6.07, 6.45) is 2.07. The largest absolute Gasteiger partial charge is 0.480 e. The van der Waals surface area contributed by atoms with E-state index in [9.17, 15) is 14.7 Å². The van der Waals surface area contributed by atoms with Gasteiger partial charge in [-0.25, -0.2) is 9.78 Å². The maximum Gasteiger partial charge on any atom is 0.326 e. The lowest BCUT2D eigenvalue weighted by atomic mass is 10.1. The van der Waals surface area contributed by atoms with Crippen molar-refractivity contribution < 1.29 is 19.4 Å². The Balaban J connectivity index is 1.66. The van der Waals surface area contributed by atoms with Crippen molar-refractivity contribution >= 4 is 23.2 Å². The summed E-state index contributed by atoms with van der Waals surface area (Å²) in [5, 5.41) is 14.3. The van der Waals surface area contributed by atoms with Gasteiger partial charge in [0.05, 0.1) is 0 Å². The molecule has 2 atom stereocenters. The number of thiazole rings is 1. The highest BCUT2D eigenvalue weighted by atomic mass is 32.1. The molecule has 0 spiro atoms. The van der Waals surface area contributed by atoms with Gasteiger partial charge in [0.25, 0.3) is 5.91 Å². The summed E-state index contributed by atoms with van der Waals surface area (Å²) in [5.74, 6) is -1.54. The van der Waals surface area contributed by atoms with Crippen molar-refractivity contribution in [2.75, 3.05) is 6.61 Å². The van der Waals surface area contributed by atoms with E-state index >= 15 is 0 Å². The van der Waals surface area contributed by atoms with Crippen molar-refractivity contribution in [2.24, 2.45) is 0 Å². The van der Waals surface area contributed by atoms with E-state index in [1.165, 1.54) is 11.3 Å². The molecule has 1 aliphatic heterocycles. The molecule has 0 saturated carbocycles. The number of rotatable bonds is 6. The molecule has 1 unspecified atom stereocenters. The number of nitrogens with one attached hydrogen (secondary N) is 1. The Hall–Kier alpha value is -2.25. The van der Waals surface area contributed by atoms with Crippen LogP contribution in [0.3, 0.4) is 0 Å². The molecule has 3 rings (SSSR count). The Kier molecular flexibility index (Phi) is 5.22. The Morgan fingerprint density at radius 3 is 2.83 bits per heavy atom. The van der Waals surface area contributed by atoms with Crippen molar-refractivity contribution in [1.82, 2.24) is 10.3 Å². The Bertz CT molecular complexity index is 710. The van der Waals surface area contributed by atoms with Crippen LogP contribution in [-0.4, -0.2) is 34.6 Å². The first-order valence-electron chi connectivity index (χ1n) is 7.78. The summed E-state index contributed by atoms with van der Waals surface area (Å²) in [5.41, 5.74) is 1.09. The number of hydrogen-bond acceptors (Lipinski definition) is 5. The third-order valence-electron chi connectivity index (χ3n) is 3.85. The normalized spacial score (nSPS) is 18.2. The van der Waals surface area contributed by atoms with Gasteiger partial charge in [-0.2, -0.15) is 0 Å². The zero-order chi connectivity index (χ0) is 16.9. The van der Waals surface area contributed by atoms with Crippen LogP contribution in [0.15, 0.2) is 35.7 Å². The molecule has 2 aromatic rings. The molecule has 1 aliphatic rings. The first-order valence-corrected chi connectivity index (χ1v) is 8.66. The summed E-state index contributed by atoms with van der Waals surface area (Å²) in [7, 11) is 0. The first kappa shape index (κ1) is 16.6. The van der Waals surface area contributed by atoms with Crippen molar-refractivity contribution in [1.29, 1.82) is 0 Å². The first-order chi connectivity index (χ1) is 11.6. The molecule has 1 aromatic carbocycles. The Labute approximate surface area is 143 Å². The van der Waals surface area contributed by atoms with E-state index in [4.69, 9.17) is 4.74 Å². The van der Waals surface area contributed by atoms with Gasteiger partial charge in [-0.3, -0.25) is 4.79 Å².